The van der Waals surface area contributed by atoms with Crippen LogP contribution in [0.15, 0.2) is 97.6 Å². The van der Waals surface area contributed by atoms with Crippen molar-refractivity contribution in [2.45, 2.75) is 79.1 Å². The number of thiophene rings is 4. The van der Waals surface area contributed by atoms with Gasteiger partial charge in [0.25, 0.3) is 0 Å². The number of hydrogen-bond acceptors (Lipinski definition) is 23. The smallest absolute Gasteiger partial charge is 0.415 e. The lowest BCUT2D eigenvalue weighted by Crippen LogP contribution is -2.33. The van der Waals surface area contributed by atoms with E-state index in [0.29, 0.717) is 66.0 Å². The molecule has 0 unspecified atom stereocenters. The molecule has 11 aromatic rings. The van der Waals surface area contributed by atoms with Crippen molar-refractivity contribution >= 4 is 159 Å². The lowest BCUT2D eigenvalue weighted by Gasteiger charge is -2.23. The Balaban J connectivity index is 0.000000149. The Labute approximate surface area is 562 Å². The van der Waals surface area contributed by atoms with Crippen LogP contribution in [0, 0.1) is 0 Å². The van der Waals surface area contributed by atoms with E-state index in [1.54, 1.807) is 126 Å². The lowest BCUT2D eigenvalue weighted by atomic mass is 9.93. The molecule has 496 valence electrons. The van der Waals surface area contributed by atoms with Crippen molar-refractivity contribution in [2.24, 2.45) is 0 Å². The molecule has 8 aromatic heterocycles. The lowest BCUT2D eigenvalue weighted by molar-refractivity contribution is 0.0579. The zero-order valence-corrected chi connectivity index (χ0v) is 58.4. The van der Waals surface area contributed by atoms with Gasteiger partial charge >= 0.3 is 24.2 Å². The van der Waals surface area contributed by atoms with Gasteiger partial charge in [0, 0.05) is 76.8 Å². The van der Waals surface area contributed by atoms with Crippen LogP contribution in [0.1, 0.15) is 103 Å². The number of fused-ring (bicyclic) bond motifs is 8. The standard InChI is InChI=1S/C19H22N2O4S.C18H20N2O4S.C17H16N2O4S.C14H11NO4S/c1-19(2,3)25-18(22)21(4)13-10-12-15(23-5)11-8-7-9-20-14(11)16(24-6)17(12)26-13;1-18(2,3)24-17(21)20-12-9-11-14(22-4)10-7-6-8-19-13(10)15(23-5)16(11)25-12;1-17(2,3)23-16(22)19(4)11-8-10-13(20)9-6-5-7-18-12(9)14(21)15(10)24-11;1-18-11-7-4-3-5-15-10(7)12(19-2)13-8(11)6-9(20-13)14(16)17/h7-10H,1-6H3;6-9H,1-5H3,(H,20,21);5-8H,1-4H3;3-6H,1-2H3,(H,16,17). The van der Waals surface area contributed by atoms with Crippen LogP contribution in [0.25, 0.3) is 63.0 Å². The Kier molecular flexibility index (Phi) is 20.4. The SMILES string of the molecule is CN(C(=O)OC(C)(C)C)c1cc2c(s1)C(=O)c1ncccc1C2=O.COc1c2cccnc2c(OC)c2sc(C(=O)O)cc12.COc1c2cccnc2c(OC)c2sc(N(C)C(=O)OC(C)(C)C)cc12.COc1c2cccnc2c(OC)c2sc(NC(=O)OC(C)(C)C)cc12. The normalized spacial score (nSPS) is 11.9. The van der Waals surface area contributed by atoms with E-state index < -0.39 is 41.1 Å². The highest BCUT2D eigenvalue weighted by atomic mass is 32.1. The van der Waals surface area contributed by atoms with Crippen LogP contribution in [0.5, 0.6) is 34.5 Å². The Morgan fingerprint density at radius 2 is 0.853 bits per heavy atom. The first-order chi connectivity index (χ1) is 45.0. The highest BCUT2D eigenvalue weighted by Gasteiger charge is 2.35. The topological polar surface area (TPSA) is 276 Å². The number of benzene rings is 3. The molecule has 0 spiro atoms. The van der Waals surface area contributed by atoms with E-state index >= 15 is 0 Å². The number of hydrogen-bond donors (Lipinski definition) is 2. The largest absolute Gasteiger partial charge is 0.495 e. The van der Waals surface area contributed by atoms with Crippen LogP contribution in [-0.2, 0) is 14.2 Å². The molecule has 3 amide bonds. The van der Waals surface area contributed by atoms with E-state index in [4.69, 9.17) is 47.7 Å². The molecule has 2 N–H and O–H groups in total. The maximum absolute atomic E-state index is 12.6. The summed E-state index contributed by atoms with van der Waals surface area (Å²) >= 11 is 5.07. The van der Waals surface area contributed by atoms with Gasteiger partial charge in [-0.15, -0.1) is 45.3 Å². The first-order valence-corrected chi connectivity index (χ1v) is 32.3. The number of methoxy groups -OCH3 is 6. The fourth-order valence-electron chi connectivity index (χ4n) is 9.95. The van der Waals surface area contributed by atoms with Gasteiger partial charge in [0.1, 0.15) is 71.2 Å². The van der Waals surface area contributed by atoms with Crippen molar-refractivity contribution in [3.8, 4) is 34.5 Å². The van der Waals surface area contributed by atoms with Crippen LogP contribution in [-0.4, -0.2) is 134 Å². The minimum Gasteiger partial charge on any atom is -0.495 e. The maximum atomic E-state index is 12.6. The Hall–Kier alpha value is -9.96. The summed E-state index contributed by atoms with van der Waals surface area (Å²) < 4.78 is 51.9. The summed E-state index contributed by atoms with van der Waals surface area (Å²) in [5, 5.41) is 18.8. The number of aromatic nitrogens is 4. The third-order valence-corrected chi connectivity index (χ3v) is 18.4. The summed E-state index contributed by atoms with van der Waals surface area (Å²) in [6.45, 7) is 16.3. The van der Waals surface area contributed by atoms with Gasteiger partial charge in [0.05, 0.1) is 72.2 Å². The van der Waals surface area contributed by atoms with Crippen LogP contribution in [0.4, 0.5) is 29.4 Å². The molecule has 23 nitrogen and oxygen atoms in total. The fourth-order valence-corrected chi connectivity index (χ4v) is 14.2. The summed E-state index contributed by atoms with van der Waals surface area (Å²) in [5.41, 5.74) is 1.11. The number of nitrogens with one attached hydrogen (secondary N) is 1. The van der Waals surface area contributed by atoms with Crippen molar-refractivity contribution in [3.63, 3.8) is 0 Å². The molecule has 12 rings (SSSR count). The molecule has 0 radical (unpaired) electrons. The Morgan fingerprint density at radius 1 is 0.453 bits per heavy atom. The number of carboxylic acids is 1. The quantitative estimate of drug-likeness (QED) is 0.120. The number of nitrogens with zero attached hydrogens (tertiary/aromatic N) is 6. The number of ether oxygens (including phenoxy) is 9. The molecule has 0 fully saturated rings. The van der Waals surface area contributed by atoms with Gasteiger partial charge in [-0.1, -0.05) is 0 Å². The molecule has 0 saturated heterocycles. The van der Waals surface area contributed by atoms with E-state index in [1.807, 2.05) is 84.0 Å². The number of anilines is 3. The highest BCUT2D eigenvalue weighted by Crippen LogP contribution is 2.50. The van der Waals surface area contributed by atoms with Gasteiger partial charge in [-0.2, -0.15) is 0 Å². The number of carbonyl (C=O) groups is 6. The van der Waals surface area contributed by atoms with Crippen LogP contribution in [0.3, 0.4) is 0 Å². The van der Waals surface area contributed by atoms with Gasteiger partial charge in [0.15, 0.2) is 23.0 Å². The first kappa shape index (κ1) is 69.4. The van der Waals surface area contributed by atoms with E-state index in [2.05, 4.69) is 25.3 Å². The molecule has 3 aromatic carbocycles. The number of pyridine rings is 4. The monoisotopic (exact) mass is 1370 g/mol. The van der Waals surface area contributed by atoms with E-state index in [1.165, 1.54) is 38.7 Å². The number of carbonyl (C=O) groups excluding carboxylic acids is 5. The van der Waals surface area contributed by atoms with Gasteiger partial charge in [0.2, 0.25) is 5.78 Å². The first-order valence-electron chi connectivity index (χ1n) is 29.1. The maximum Gasteiger partial charge on any atom is 0.415 e. The number of aromatic carboxylic acids is 1. The molecule has 0 saturated carbocycles. The summed E-state index contributed by atoms with van der Waals surface area (Å²) in [6.07, 6.45) is 5.13. The number of rotatable bonds is 10. The molecule has 27 heteroatoms. The molecule has 8 heterocycles. The molecule has 0 aliphatic heterocycles. The van der Waals surface area contributed by atoms with E-state index in [9.17, 15) is 28.8 Å². The predicted molar refractivity (Wildman–Crippen MR) is 372 cm³/mol. The molecule has 0 atom stereocenters. The van der Waals surface area contributed by atoms with Gasteiger partial charge in [-0.05, 0) is 135 Å². The Morgan fingerprint density at radius 3 is 1.29 bits per heavy atom. The van der Waals surface area contributed by atoms with Gasteiger partial charge in [-0.25, -0.2) is 19.2 Å². The van der Waals surface area contributed by atoms with Crippen LogP contribution < -0.4 is 43.5 Å². The molecule has 95 heavy (non-hydrogen) atoms. The minimum absolute atomic E-state index is 0.156. The van der Waals surface area contributed by atoms with E-state index in [-0.39, 0.29) is 22.1 Å². The third kappa shape index (κ3) is 14.6. The fraction of sp³-hybridized carbons (Fsp3) is 0.294. The second-order valence-corrected chi connectivity index (χ2v) is 28.0. The molecular weight excluding hydrogens is 1300 g/mol. The molecule has 1 aliphatic carbocycles. The van der Waals surface area contributed by atoms with E-state index in [0.717, 1.165) is 85.1 Å². The number of amides is 3. The van der Waals surface area contributed by atoms with Crippen molar-refractivity contribution in [3.05, 3.63) is 124 Å². The van der Waals surface area contributed by atoms with Crippen molar-refractivity contribution in [1.29, 1.82) is 0 Å². The molecular formula is C68H69N7O16S4. The second kappa shape index (κ2) is 27.9. The second-order valence-electron chi connectivity index (χ2n) is 23.8. The van der Waals surface area contributed by atoms with Gasteiger partial charge < -0.3 is 47.7 Å². The van der Waals surface area contributed by atoms with Crippen molar-refractivity contribution in [2.75, 3.05) is 71.9 Å². The predicted octanol–water partition coefficient (Wildman–Crippen LogP) is 16.1. The van der Waals surface area contributed by atoms with Gasteiger partial charge in [-0.3, -0.25) is 44.6 Å². The number of ketones is 2. The number of carboxylic acid groups (broad SMARTS) is 1. The average molecular weight is 1370 g/mol. The summed E-state index contributed by atoms with van der Waals surface area (Å²) in [4.78, 5) is 93.5. The van der Waals surface area contributed by atoms with Crippen molar-refractivity contribution < 1.29 is 76.5 Å². The zero-order chi connectivity index (χ0) is 69.2. The molecule has 1 aliphatic rings. The molecule has 0 bridgehead atoms. The summed E-state index contributed by atoms with van der Waals surface area (Å²) in [5.74, 6) is 2.42. The van der Waals surface area contributed by atoms with Crippen molar-refractivity contribution in [1.82, 2.24) is 19.9 Å². The minimum atomic E-state index is -0.965. The average Bonchev–Trinajstić information content (AvgIpc) is 1.71. The van der Waals surface area contributed by atoms with Crippen LogP contribution >= 0.6 is 45.3 Å². The zero-order valence-electron chi connectivity index (χ0n) is 55.1. The highest BCUT2D eigenvalue weighted by molar-refractivity contribution is 7.24. The summed E-state index contributed by atoms with van der Waals surface area (Å²) in [6, 6.07) is 21.4. The Bertz CT molecular complexity index is 4570. The third-order valence-electron chi connectivity index (χ3n) is 13.8. The van der Waals surface area contributed by atoms with Crippen LogP contribution in [0.2, 0.25) is 0 Å². The summed E-state index contributed by atoms with van der Waals surface area (Å²) in [7, 11) is 12.8.